The second-order valence-corrected chi connectivity index (χ2v) is 10.9. The maximum Gasteiger partial charge on any atom is 0.194 e. The van der Waals surface area contributed by atoms with Crippen molar-refractivity contribution >= 4 is 18.5 Å². The quantitative estimate of drug-likeness (QED) is 0.311. The zero-order chi connectivity index (χ0) is 9.73. The highest BCUT2D eigenvalue weighted by Gasteiger charge is 2.19. The monoisotopic (exact) mass is 224 g/mol. The van der Waals surface area contributed by atoms with Crippen LogP contribution in [0.5, 0.6) is 0 Å². The Kier molecular flexibility index (Phi) is 4.68. The first kappa shape index (κ1) is 11.5. The summed E-state index contributed by atoms with van der Waals surface area (Å²) in [6.45, 7) is 4.60. The van der Waals surface area contributed by atoms with Crippen molar-refractivity contribution < 1.29 is 14.5 Å². The Balaban J connectivity index is 1.94. The van der Waals surface area contributed by atoms with Crippen molar-refractivity contribution in [3.05, 3.63) is 0 Å². The predicted octanol–water partition coefficient (Wildman–Crippen LogP) is 2.86. The molecule has 0 N–H and O–H groups in total. The maximum atomic E-state index is 6.18. The van der Waals surface area contributed by atoms with Gasteiger partial charge >= 0.3 is 0 Å². The summed E-state index contributed by atoms with van der Waals surface area (Å²) in [4.78, 5) is 9.46. The van der Waals surface area contributed by atoms with Crippen LogP contribution in [0.15, 0.2) is 0 Å². The lowest BCUT2D eigenvalue weighted by molar-refractivity contribution is -0.278. The van der Waals surface area contributed by atoms with E-state index >= 15 is 0 Å². The molecule has 13 heavy (non-hydrogen) atoms. The van der Waals surface area contributed by atoms with Gasteiger partial charge in [0.2, 0.25) is 0 Å². The van der Waals surface area contributed by atoms with E-state index in [1.807, 2.05) is 0 Å². The first-order valence-corrected chi connectivity index (χ1v) is 8.89. The summed E-state index contributed by atoms with van der Waals surface area (Å²) in [5.41, 5.74) is 0. The predicted molar refractivity (Wildman–Crippen MR) is 53.9 cm³/mol. The molecule has 1 fully saturated rings. The SMILES string of the molecule is C[Si](C)(Cl)CCCCC1OCOO1. The third-order valence-electron chi connectivity index (χ3n) is 1.94. The summed E-state index contributed by atoms with van der Waals surface area (Å²) < 4.78 is 5.12. The van der Waals surface area contributed by atoms with E-state index < -0.39 is 7.38 Å². The van der Waals surface area contributed by atoms with Crippen LogP contribution in [-0.4, -0.2) is 20.5 Å². The Hall–Kier alpha value is 0.387. The molecule has 0 spiro atoms. The third kappa shape index (κ3) is 5.64. The molecule has 78 valence electrons. The molecule has 0 aliphatic carbocycles. The Morgan fingerprint density at radius 3 is 2.69 bits per heavy atom. The van der Waals surface area contributed by atoms with Crippen LogP contribution in [0.25, 0.3) is 0 Å². The molecule has 1 saturated heterocycles. The van der Waals surface area contributed by atoms with Gasteiger partial charge in [0, 0.05) is 6.42 Å². The standard InChI is InChI=1S/C8H17ClO3Si/c1-13(2,9)6-4-3-5-8-10-7-11-12-8/h8H,3-7H2,1-2H3. The molecular formula is C8H17ClO3Si. The van der Waals surface area contributed by atoms with E-state index in [4.69, 9.17) is 20.7 Å². The highest BCUT2D eigenvalue weighted by molar-refractivity contribution is 7.19. The second-order valence-electron chi connectivity index (χ2n) is 3.89. The van der Waals surface area contributed by atoms with Crippen LogP contribution in [0.4, 0.5) is 0 Å². The first-order chi connectivity index (χ1) is 6.08. The van der Waals surface area contributed by atoms with Crippen molar-refractivity contribution in [2.24, 2.45) is 0 Å². The summed E-state index contributed by atoms with van der Waals surface area (Å²) in [6.07, 6.45) is 3.00. The summed E-state index contributed by atoms with van der Waals surface area (Å²) in [5.74, 6) is 0. The number of halogens is 1. The fraction of sp³-hybridized carbons (Fsp3) is 1.00. The molecule has 0 aromatic rings. The minimum absolute atomic E-state index is 0.153. The van der Waals surface area contributed by atoms with E-state index in [0.29, 0.717) is 0 Å². The molecule has 1 aliphatic rings. The largest absolute Gasteiger partial charge is 0.320 e. The van der Waals surface area contributed by atoms with Crippen molar-refractivity contribution in [3.63, 3.8) is 0 Å². The van der Waals surface area contributed by atoms with Gasteiger partial charge < -0.3 is 4.74 Å². The van der Waals surface area contributed by atoms with Gasteiger partial charge in [-0.1, -0.05) is 19.5 Å². The maximum absolute atomic E-state index is 6.18. The lowest BCUT2D eigenvalue weighted by Gasteiger charge is -2.12. The van der Waals surface area contributed by atoms with Crippen molar-refractivity contribution in [3.8, 4) is 0 Å². The van der Waals surface area contributed by atoms with Gasteiger partial charge in [-0.3, -0.25) is 0 Å². The Morgan fingerprint density at radius 2 is 2.15 bits per heavy atom. The van der Waals surface area contributed by atoms with E-state index in [-0.39, 0.29) is 13.1 Å². The van der Waals surface area contributed by atoms with Gasteiger partial charge in [0.05, 0.1) is 0 Å². The molecule has 0 bridgehead atoms. The van der Waals surface area contributed by atoms with Gasteiger partial charge in [-0.2, -0.15) is 11.1 Å². The zero-order valence-corrected chi connectivity index (χ0v) is 9.97. The molecule has 5 heteroatoms. The van der Waals surface area contributed by atoms with E-state index in [9.17, 15) is 0 Å². The molecule has 1 rings (SSSR count). The van der Waals surface area contributed by atoms with Crippen molar-refractivity contribution in [2.45, 2.75) is 44.7 Å². The second kappa shape index (κ2) is 5.31. The number of rotatable bonds is 5. The molecule has 1 aliphatic heterocycles. The summed E-state index contributed by atoms with van der Waals surface area (Å²) in [7, 11) is -1.37. The molecule has 0 amide bonds. The van der Waals surface area contributed by atoms with Gasteiger partial charge in [-0.05, 0) is 12.5 Å². The van der Waals surface area contributed by atoms with Gasteiger partial charge in [-0.25, -0.2) is 9.78 Å². The molecule has 0 aromatic heterocycles. The molecule has 0 saturated carbocycles. The highest BCUT2D eigenvalue weighted by atomic mass is 35.6. The van der Waals surface area contributed by atoms with E-state index in [2.05, 4.69) is 18.0 Å². The van der Waals surface area contributed by atoms with Crippen LogP contribution < -0.4 is 0 Å². The lowest BCUT2D eigenvalue weighted by Crippen LogP contribution is -2.15. The normalized spacial score (nSPS) is 23.8. The summed E-state index contributed by atoms with van der Waals surface area (Å²) in [6, 6.07) is 1.15. The highest BCUT2D eigenvalue weighted by Crippen LogP contribution is 2.20. The van der Waals surface area contributed by atoms with Crippen LogP contribution in [0.1, 0.15) is 19.3 Å². The van der Waals surface area contributed by atoms with E-state index in [1.54, 1.807) is 0 Å². The number of hydrogen-bond acceptors (Lipinski definition) is 3. The fourth-order valence-electron chi connectivity index (χ4n) is 1.22. The van der Waals surface area contributed by atoms with Gasteiger partial charge in [0.15, 0.2) is 13.1 Å². The Labute approximate surface area is 84.9 Å². The van der Waals surface area contributed by atoms with Gasteiger partial charge in [-0.15, -0.1) is 0 Å². The number of unbranched alkanes of at least 4 members (excludes halogenated alkanes) is 1. The first-order valence-electron chi connectivity index (χ1n) is 4.67. The lowest BCUT2D eigenvalue weighted by atomic mass is 10.2. The van der Waals surface area contributed by atoms with Gasteiger partial charge in [0.1, 0.15) is 7.38 Å². The Morgan fingerprint density at radius 1 is 1.38 bits per heavy atom. The molecular weight excluding hydrogens is 208 g/mol. The molecule has 3 nitrogen and oxygen atoms in total. The number of ether oxygens (including phenoxy) is 1. The molecule has 0 aromatic carbocycles. The minimum Gasteiger partial charge on any atom is -0.320 e. The smallest absolute Gasteiger partial charge is 0.194 e. The zero-order valence-electron chi connectivity index (χ0n) is 8.22. The van der Waals surface area contributed by atoms with Crippen molar-refractivity contribution in [2.75, 3.05) is 6.79 Å². The molecule has 1 atom stereocenters. The van der Waals surface area contributed by atoms with E-state index in [1.165, 1.54) is 0 Å². The van der Waals surface area contributed by atoms with Gasteiger partial charge in [0.25, 0.3) is 0 Å². The van der Waals surface area contributed by atoms with Crippen LogP contribution in [0, 0.1) is 0 Å². The van der Waals surface area contributed by atoms with Crippen molar-refractivity contribution in [1.29, 1.82) is 0 Å². The fourth-order valence-corrected chi connectivity index (χ4v) is 2.71. The van der Waals surface area contributed by atoms with Crippen molar-refractivity contribution in [1.82, 2.24) is 0 Å². The van der Waals surface area contributed by atoms with E-state index in [0.717, 1.165) is 25.3 Å². The summed E-state index contributed by atoms with van der Waals surface area (Å²) in [5, 5.41) is 0. The van der Waals surface area contributed by atoms with Crippen LogP contribution in [-0.2, 0) is 14.5 Å². The Bertz CT molecular complexity index is 143. The van der Waals surface area contributed by atoms with Crippen LogP contribution in [0.3, 0.4) is 0 Å². The average Bonchev–Trinajstić information content (AvgIpc) is 2.48. The van der Waals surface area contributed by atoms with Crippen LogP contribution in [0.2, 0.25) is 19.1 Å². The average molecular weight is 225 g/mol. The summed E-state index contributed by atoms with van der Waals surface area (Å²) >= 11 is 6.18. The molecule has 1 heterocycles. The topological polar surface area (TPSA) is 27.7 Å². The number of hydrogen-bond donors (Lipinski definition) is 0. The molecule has 1 unspecified atom stereocenters. The third-order valence-corrected chi connectivity index (χ3v) is 4.05. The van der Waals surface area contributed by atoms with Crippen LogP contribution >= 0.6 is 11.1 Å². The minimum atomic E-state index is -1.37. The molecule has 0 radical (unpaired) electrons.